The van der Waals surface area contributed by atoms with Crippen molar-refractivity contribution in [2.45, 2.75) is 12.8 Å². The fraction of sp³-hybridized carbons (Fsp3) is 0.105. The molecule has 0 fully saturated rings. The normalized spacial score (nSPS) is 12.0. The average Bonchev–Trinajstić information content (AvgIpc) is 2.88. The summed E-state index contributed by atoms with van der Waals surface area (Å²) in [5.41, 5.74) is 8.24. The van der Waals surface area contributed by atoms with Crippen LogP contribution in [0.1, 0.15) is 22.4 Å². The number of benzene rings is 2. The summed E-state index contributed by atoms with van der Waals surface area (Å²) in [4.78, 5) is 4.45. The van der Waals surface area contributed by atoms with E-state index in [0.29, 0.717) is 0 Å². The van der Waals surface area contributed by atoms with Gasteiger partial charge in [0.05, 0.1) is 0 Å². The van der Waals surface area contributed by atoms with Gasteiger partial charge in [0.2, 0.25) is 0 Å². The Morgan fingerprint density at radius 2 is 1.65 bits per heavy atom. The summed E-state index contributed by atoms with van der Waals surface area (Å²) < 4.78 is 0. The predicted octanol–water partition coefficient (Wildman–Crippen LogP) is 4.24. The zero-order valence-corrected chi connectivity index (χ0v) is 11.2. The first-order valence-corrected chi connectivity index (χ1v) is 7.01. The Labute approximate surface area is 118 Å². The molecule has 1 heterocycles. The quantitative estimate of drug-likeness (QED) is 0.523. The van der Waals surface area contributed by atoms with Crippen molar-refractivity contribution in [2.75, 3.05) is 0 Å². The van der Waals surface area contributed by atoms with E-state index in [1.165, 1.54) is 27.8 Å². The molecular weight excluding hydrogens is 242 g/mol. The molecular formula is C19H15N. The Kier molecular flexibility index (Phi) is 2.63. The maximum absolute atomic E-state index is 4.45. The summed E-state index contributed by atoms with van der Waals surface area (Å²) in [5, 5.41) is 0. The highest BCUT2D eigenvalue weighted by Crippen LogP contribution is 2.38. The summed E-state index contributed by atoms with van der Waals surface area (Å²) in [7, 11) is 0. The second-order valence-electron chi connectivity index (χ2n) is 5.28. The van der Waals surface area contributed by atoms with Crippen molar-refractivity contribution in [3.63, 3.8) is 0 Å². The van der Waals surface area contributed by atoms with Crippen LogP contribution < -0.4 is 0 Å². The lowest BCUT2D eigenvalue weighted by molar-refractivity contribution is 1.05. The number of hydrogen-bond acceptors (Lipinski definition) is 1. The standard InChI is InChI=1S/C19H15N/c1-2-9-17-15(6-1)13-19-14(7-5-10-18(17)19)12-16-8-3-4-11-20-16/h1-11H,12-13H2. The van der Waals surface area contributed by atoms with Gasteiger partial charge in [-0.1, -0.05) is 48.5 Å². The van der Waals surface area contributed by atoms with Gasteiger partial charge in [-0.15, -0.1) is 0 Å². The molecule has 0 atom stereocenters. The monoisotopic (exact) mass is 257 g/mol. The van der Waals surface area contributed by atoms with Crippen LogP contribution in [0.25, 0.3) is 11.1 Å². The molecule has 0 radical (unpaired) electrons. The molecule has 1 aliphatic carbocycles. The molecule has 0 spiro atoms. The van der Waals surface area contributed by atoms with Gasteiger partial charge in [0.15, 0.2) is 0 Å². The lowest BCUT2D eigenvalue weighted by atomic mass is 9.98. The molecule has 0 saturated carbocycles. The van der Waals surface area contributed by atoms with Gasteiger partial charge >= 0.3 is 0 Å². The third-order valence-electron chi connectivity index (χ3n) is 4.05. The third-order valence-corrected chi connectivity index (χ3v) is 4.05. The van der Waals surface area contributed by atoms with Gasteiger partial charge in [0, 0.05) is 18.3 Å². The van der Waals surface area contributed by atoms with Crippen LogP contribution >= 0.6 is 0 Å². The SMILES string of the molecule is c1ccc(Cc2cccc3c2Cc2ccccc2-3)nc1. The summed E-state index contributed by atoms with van der Waals surface area (Å²) >= 11 is 0. The predicted molar refractivity (Wildman–Crippen MR) is 81.7 cm³/mol. The molecule has 0 unspecified atom stereocenters. The first kappa shape index (κ1) is 11.4. The smallest absolute Gasteiger partial charge is 0.0447 e. The van der Waals surface area contributed by atoms with Gasteiger partial charge in [-0.05, 0) is 46.4 Å². The van der Waals surface area contributed by atoms with Gasteiger partial charge in [-0.3, -0.25) is 4.98 Å². The van der Waals surface area contributed by atoms with E-state index in [4.69, 9.17) is 0 Å². The average molecular weight is 257 g/mol. The minimum absolute atomic E-state index is 0.915. The van der Waals surface area contributed by atoms with E-state index in [2.05, 4.69) is 59.6 Å². The number of aromatic nitrogens is 1. The van der Waals surface area contributed by atoms with E-state index in [1.807, 2.05) is 12.3 Å². The van der Waals surface area contributed by atoms with Crippen LogP contribution in [0.15, 0.2) is 66.9 Å². The van der Waals surface area contributed by atoms with Crippen molar-refractivity contribution in [2.24, 2.45) is 0 Å². The van der Waals surface area contributed by atoms with E-state index in [0.717, 1.165) is 18.5 Å². The number of pyridine rings is 1. The summed E-state index contributed by atoms with van der Waals surface area (Å²) in [6.45, 7) is 0. The Hall–Kier alpha value is -2.41. The molecule has 96 valence electrons. The molecule has 1 aliphatic rings. The Morgan fingerprint density at radius 1 is 0.800 bits per heavy atom. The molecule has 2 aromatic carbocycles. The molecule has 20 heavy (non-hydrogen) atoms. The topological polar surface area (TPSA) is 12.9 Å². The van der Waals surface area contributed by atoms with Crippen LogP contribution in [-0.2, 0) is 12.8 Å². The zero-order chi connectivity index (χ0) is 13.4. The van der Waals surface area contributed by atoms with Gasteiger partial charge in [-0.25, -0.2) is 0 Å². The number of fused-ring (bicyclic) bond motifs is 3. The second-order valence-corrected chi connectivity index (χ2v) is 5.28. The van der Waals surface area contributed by atoms with Crippen LogP contribution in [0.3, 0.4) is 0 Å². The van der Waals surface area contributed by atoms with Crippen LogP contribution in [-0.4, -0.2) is 4.98 Å². The molecule has 0 aliphatic heterocycles. The van der Waals surface area contributed by atoms with Gasteiger partial charge in [0.1, 0.15) is 0 Å². The van der Waals surface area contributed by atoms with E-state index in [1.54, 1.807) is 0 Å². The van der Waals surface area contributed by atoms with Crippen molar-refractivity contribution < 1.29 is 0 Å². The van der Waals surface area contributed by atoms with Crippen LogP contribution in [0.4, 0.5) is 0 Å². The number of nitrogens with zero attached hydrogens (tertiary/aromatic N) is 1. The summed E-state index contributed by atoms with van der Waals surface area (Å²) in [5.74, 6) is 0. The van der Waals surface area contributed by atoms with Gasteiger partial charge in [0.25, 0.3) is 0 Å². The van der Waals surface area contributed by atoms with E-state index in [9.17, 15) is 0 Å². The number of hydrogen-bond donors (Lipinski definition) is 0. The highest BCUT2D eigenvalue weighted by Gasteiger charge is 2.20. The Balaban J connectivity index is 1.78. The summed E-state index contributed by atoms with van der Waals surface area (Å²) in [6, 6.07) is 21.5. The maximum atomic E-state index is 4.45. The Bertz CT molecular complexity index is 760. The first-order chi connectivity index (χ1) is 9.92. The van der Waals surface area contributed by atoms with E-state index >= 15 is 0 Å². The highest BCUT2D eigenvalue weighted by atomic mass is 14.7. The minimum Gasteiger partial charge on any atom is -0.261 e. The fourth-order valence-electron chi connectivity index (χ4n) is 3.09. The molecule has 0 amide bonds. The molecule has 4 rings (SSSR count). The van der Waals surface area contributed by atoms with Crippen molar-refractivity contribution in [3.8, 4) is 11.1 Å². The lowest BCUT2D eigenvalue weighted by Crippen LogP contribution is -1.96. The van der Waals surface area contributed by atoms with Gasteiger partial charge in [-0.2, -0.15) is 0 Å². The van der Waals surface area contributed by atoms with Crippen LogP contribution in [0.2, 0.25) is 0 Å². The third kappa shape index (κ3) is 1.83. The molecule has 1 aromatic heterocycles. The number of rotatable bonds is 2. The maximum Gasteiger partial charge on any atom is 0.0447 e. The van der Waals surface area contributed by atoms with Crippen LogP contribution in [0.5, 0.6) is 0 Å². The van der Waals surface area contributed by atoms with E-state index in [-0.39, 0.29) is 0 Å². The largest absolute Gasteiger partial charge is 0.261 e. The van der Waals surface area contributed by atoms with E-state index < -0.39 is 0 Å². The van der Waals surface area contributed by atoms with Crippen molar-refractivity contribution >= 4 is 0 Å². The summed E-state index contributed by atoms with van der Waals surface area (Å²) in [6.07, 6.45) is 3.83. The van der Waals surface area contributed by atoms with Crippen molar-refractivity contribution in [1.82, 2.24) is 4.98 Å². The molecule has 0 N–H and O–H groups in total. The molecule has 0 bridgehead atoms. The van der Waals surface area contributed by atoms with Gasteiger partial charge < -0.3 is 0 Å². The minimum atomic E-state index is 0.915. The first-order valence-electron chi connectivity index (χ1n) is 7.01. The second kappa shape index (κ2) is 4.61. The van der Waals surface area contributed by atoms with Crippen molar-refractivity contribution in [3.05, 3.63) is 89.2 Å². The molecule has 3 aromatic rings. The highest BCUT2D eigenvalue weighted by molar-refractivity contribution is 5.77. The van der Waals surface area contributed by atoms with Crippen LogP contribution in [0, 0.1) is 0 Å². The van der Waals surface area contributed by atoms with Crippen molar-refractivity contribution in [1.29, 1.82) is 0 Å². The molecule has 0 saturated heterocycles. The zero-order valence-electron chi connectivity index (χ0n) is 11.2. The molecule has 1 nitrogen and oxygen atoms in total. The fourth-order valence-corrected chi connectivity index (χ4v) is 3.09. The lowest BCUT2D eigenvalue weighted by Gasteiger charge is -2.08. The molecule has 1 heteroatoms. The Morgan fingerprint density at radius 3 is 2.55 bits per heavy atom.